The van der Waals surface area contributed by atoms with E-state index in [9.17, 15) is 9.59 Å². The summed E-state index contributed by atoms with van der Waals surface area (Å²) in [5.41, 5.74) is 2.96. The number of benzene rings is 2. The topological polar surface area (TPSA) is 61.4 Å². The lowest BCUT2D eigenvalue weighted by Gasteiger charge is -2.16. The number of anilines is 1. The Labute approximate surface area is 155 Å². The Balaban J connectivity index is 1.63. The molecule has 2 amide bonds. The van der Waals surface area contributed by atoms with E-state index in [1.807, 2.05) is 42.5 Å². The zero-order valence-corrected chi connectivity index (χ0v) is 15.5. The lowest BCUT2D eigenvalue weighted by Crippen LogP contribution is -2.29. The van der Waals surface area contributed by atoms with Gasteiger partial charge < -0.3 is 15.5 Å². The number of amides is 2. The summed E-state index contributed by atoms with van der Waals surface area (Å²) >= 11 is 0. The average Bonchev–Trinajstić information content (AvgIpc) is 2.61. The van der Waals surface area contributed by atoms with Crippen molar-refractivity contribution in [2.24, 2.45) is 0 Å². The molecule has 5 nitrogen and oxygen atoms in total. The molecule has 0 aliphatic rings. The fraction of sp³-hybridized carbons (Fsp3) is 0.333. The van der Waals surface area contributed by atoms with Gasteiger partial charge in [-0.15, -0.1) is 0 Å². The van der Waals surface area contributed by atoms with Crippen molar-refractivity contribution < 1.29 is 9.59 Å². The molecule has 0 atom stereocenters. The van der Waals surface area contributed by atoms with Gasteiger partial charge in [-0.1, -0.05) is 42.5 Å². The molecule has 2 aromatic rings. The summed E-state index contributed by atoms with van der Waals surface area (Å²) in [6.07, 6.45) is 1.26. The Hall–Kier alpha value is -2.66. The molecule has 0 unspecified atom stereocenters. The van der Waals surface area contributed by atoms with Crippen LogP contribution in [0, 0.1) is 0 Å². The van der Waals surface area contributed by atoms with Crippen LogP contribution in [0.25, 0.3) is 0 Å². The van der Waals surface area contributed by atoms with Crippen molar-refractivity contribution in [3.8, 4) is 0 Å². The fourth-order valence-electron chi connectivity index (χ4n) is 2.71. The van der Waals surface area contributed by atoms with Gasteiger partial charge in [-0.05, 0) is 43.3 Å². The van der Waals surface area contributed by atoms with E-state index in [1.54, 1.807) is 0 Å². The Kier molecular flexibility index (Phi) is 7.83. The minimum atomic E-state index is -0.104. The van der Waals surface area contributed by atoms with Crippen LogP contribution in [0.5, 0.6) is 0 Å². The molecule has 138 valence electrons. The first-order chi connectivity index (χ1) is 12.5. The Bertz CT molecular complexity index is 699. The van der Waals surface area contributed by atoms with Gasteiger partial charge in [0, 0.05) is 25.7 Å². The van der Waals surface area contributed by atoms with Gasteiger partial charge >= 0.3 is 0 Å². The first-order valence-corrected chi connectivity index (χ1v) is 8.88. The second-order valence-electron chi connectivity index (χ2n) is 6.48. The molecule has 0 aromatic heterocycles. The fourth-order valence-corrected chi connectivity index (χ4v) is 2.71. The van der Waals surface area contributed by atoms with Crippen LogP contribution in [0.2, 0.25) is 0 Å². The first kappa shape index (κ1) is 19.7. The molecule has 0 aliphatic carbocycles. The third-order valence-electron chi connectivity index (χ3n) is 3.97. The van der Waals surface area contributed by atoms with Crippen molar-refractivity contribution in [3.63, 3.8) is 0 Å². The number of nitrogens with zero attached hydrogens (tertiary/aromatic N) is 1. The first-order valence-electron chi connectivity index (χ1n) is 8.88. The summed E-state index contributed by atoms with van der Waals surface area (Å²) in [5, 5.41) is 5.67. The standard InChI is InChI=1S/C21H27N3O2/c1-17(25)23-20-11-9-18(10-12-20)15-21(26)22-13-6-14-24(2)16-19-7-4-3-5-8-19/h3-5,7-12H,6,13-16H2,1-2H3,(H,22,26)(H,23,25). The van der Waals surface area contributed by atoms with E-state index in [0.717, 1.165) is 30.8 Å². The minimum absolute atomic E-state index is 0.0167. The van der Waals surface area contributed by atoms with Crippen LogP contribution in [0.1, 0.15) is 24.5 Å². The second kappa shape index (κ2) is 10.4. The molecular formula is C21H27N3O2. The van der Waals surface area contributed by atoms with Gasteiger partial charge in [-0.2, -0.15) is 0 Å². The normalized spacial score (nSPS) is 10.6. The highest BCUT2D eigenvalue weighted by Crippen LogP contribution is 2.10. The van der Waals surface area contributed by atoms with E-state index in [-0.39, 0.29) is 11.8 Å². The predicted molar refractivity (Wildman–Crippen MR) is 105 cm³/mol. The minimum Gasteiger partial charge on any atom is -0.356 e. The number of rotatable bonds is 9. The number of nitrogens with one attached hydrogen (secondary N) is 2. The molecular weight excluding hydrogens is 326 g/mol. The predicted octanol–water partition coefficient (Wildman–Crippen LogP) is 2.83. The van der Waals surface area contributed by atoms with Crippen molar-refractivity contribution in [3.05, 3.63) is 65.7 Å². The van der Waals surface area contributed by atoms with E-state index < -0.39 is 0 Å². The van der Waals surface area contributed by atoms with E-state index in [2.05, 4.69) is 34.7 Å². The average molecular weight is 353 g/mol. The van der Waals surface area contributed by atoms with Gasteiger partial charge in [-0.25, -0.2) is 0 Å². The second-order valence-corrected chi connectivity index (χ2v) is 6.48. The van der Waals surface area contributed by atoms with Crippen molar-refractivity contribution in [2.75, 3.05) is 25.5 Å². The third-order valence-corrected chi connectivity index (χ3v) is 3.97. The van der Waals surface area contributed by atoms with Gasteiger partial charge in [0.1, 0.15) is 0 Å². The highest BCUT2D eigenvalue weighted by atomic mass is 16.2. The lowest BCUT2D eigenvalue weighted by molar-refractivity contribution is -0.120. The van der Waals surface area contributed by atoms with Gasteiger partial charge in [0.25, 0.3) is 0 Å². The SMILES string of the molecule is CC(=O)Nc1ccc(CC(=O)NCCCN(C)Cc2ccccc2)cc1. The quantitative estimate of drug-likeness (QED) is 0.682. The highest BCUT2D eigenvalue weighted by Gasteiger charge is 2.05. The molecule has 0 saturated carbocycles. The molecule has 0 spiro atoms. The highest BCUT2D eigenvalue weighted by molar-refractivity contribution is 5.88. The van der Waals surface area contributed by atoms with Gasteiger partial charge in [0.05, 0.1) is 6.42 Å². The summed E-state index contributed by atoms with van der Waals surface area (Å²) in [6.45, 7) is 3.98. The van der Waals surface area contributed by atoms with Crippen molar-refractivity contribution in [1.82, 2.24) is 10.2 Å². The summed E-state index contributed by atoms with van der Waals surface area (Å²) in [5.74, 6) is -0.0873. The van der Waals surface area contributed by atoms with Crippen LogP contribution in [0.15, 0.2) is 54.6 Å². The molecule has 0 aliphatic heterocycles. The van der Waals surface area contributed by atoms with E-state index in [4.69, 9.17) is 0 Å². The largest absolute Gasteiger partial charge is 0.356 e. The molecule has 2 rings (SSSR count). The maximum atomic E-state index is 12.0. The molecule has 0 fully saturated rings. The number of hydrogen-bond acceptors (Lipinski definition) is 3. The number of carbonyl (C=O) groups is 2. The van der Waals surface area contributed by atoms with Gasteiger partial charge in [0.2, 0.25) is 11.8 Å². The van der Waals surface area contributed by atoms with E-state index in [1.165, 1.54) is 12.5 Å². The van der Waals surface area contributed by atoms with Crippen LogP contribution in [0.4, 0.5) is 5.69 Å². The van der Waals surface area contributed by atoms with Crippen LogP contribution >= 0.6 is 0 Å². The zero-order valence-electron chi connectivity index (χ0n) is 15.5. The number of hydrogen-bond donors (Lipinski definition) is 2. The van der Waals surface area contributed by atoms with Crippen molar-refractivity contribution >= 4 is 17.5 Å². The van der Waals surface area contributed by atoms with Gasteiger partial charge in [-0.3, -0.25) is 9.59 Å². The Morgan fingerprint density at radius 1 is 0.962 bits per heavy atom. The zero-order chi connectivity index (χ0) is 18.8. The van der Waals surface area contributed by atoms with E-state index in [0.29, 0.717) is 13.0 Å². The summed E-state index contributed by atoms with van der Waals surface area (Å²) < 4.78 is 0. The molecule has 0 saturated heterocycles. The molecule has 2 aromatic carbocycles. The van der Waals surface area contributed by atoms with Crippen LogP contribution < -0.4 is 10.6 Å². The van der Waals surface area contributed by atoms with Gasteiger partial charge in [0.15, 0.2) is 0 Å². The van der Waals surface area contributed by atoms with E-state index >= 15 is 0 Å². The smallest absolute Gasteiger partial charge is 0.224 e. The van der Waals surface area contributed by atoms with Crippen LogP contribution in [-0.2, 0) is 22.6 Å². The summed E-state index contributed by atoms with van der Waals surface area (Å²) in [7, 11) is 2.09. The van der Waals surface area contributed by atoms with Crippen LogP contribution in [0.3, 0.4) is 0 Å². The summed E-state index contributed by atoms with van der Waals surface area (Å²) in [6, 6.07) is 17.7. The monoisotopic (exact) mass is 353 g/mol. The molecule has 2 N–H and O–H groups in total. The molecule has 0 heterocycles. The third kappa shape index (κ3) is 7.49. The molecule has 5 heteroatoms. The van der Waals surface area contributed by atoms with Crippen molar-refractivity contribution in [2.45, 2.75) is 26.3 Å². The van der Waals surface area contributed by atoms with Crippen LogP contribution in [-0.4, -0.2) is 36.9 Å². The Morgan fingerprint density at radius 2 is 1.65 bits per heavy atom. The van der Waals surface area contributed by atoms with Crippen molar-refractivity contribution in [1.29, 1.82) is 0 Å². The maximum absolute atomic E-state index is 12.0. The maximum Gasteiger partial charge on any atom is 0.224 e. The number of carbonyl (C=O) groups excluding carboxylic acids is 2. The summed E-state index contributed by atoms with van der Waals surface area (Å²) in [4.78, 5) is 25.3. The molecule has 0 bridgehead atoms. The molecule has 26 heavy (non-hydrogen) atoms. The molecule has 0 radical (unpaired) electrons. The lowest BCUT2D eigenvalue weighted by atomic mass is 10.1. The Morgan fingerprint density at radius 3 is 2.31 bits per heavy atom.